The Kier molecular flexibility index (Phi) is 2.88. The Morgan fingerprint density at radius 1 is 1.14 bits per heavy atom. The molecule has 0 saturated carbocycles. The number of rotatable bonds is 2. The average Bonchev–Trinajstić information content (AvgIpc) is 3.05. The van der Waals surface area contributed by atoms with Gasteiger partial charge in [-0.05, 0) is 48.7 Å². The molecular weight excluding hydrogens is 264 g/mol. The molecule has 0 unspecified atom stereocenters. The lowest BCUT2D eigenvalue weighted by Crippen LogP contribution is -2.11. The molecule has 2 aromatic heterocycles. The second-order valence-electron chi connectivity index (χ2n) is 5.07. The molecule has 4 rings (SSSR count). The van der Waals surface area contributed by atoms with Crippen LogP contribution in [0.4, 0.5) is 5.69 Å². The van der Waals surface area contributed by atoms with E-state index in [2.05, 4.69) is 32.6 Å². The van der Waals surface area contributed by atoms with Crippen molar-refractivity contribution in [2.45, 2.75) is 12.8 Å². The second-order valence-corrected chi connectivity index (χ2v) is 5.07. The predicted molar refractivity (Wildman–Crippen MR) is 79.8 cm³/mol. The number of anilines is 1. The minimum absolute atomic E-state index is 0.544. The second kappa shape index (κ2) is 5.01. The van der Waals surface area contributed by atoms with Crippen LogP contribution in [0.1, 0.15) is 12.0 Å². The van der Waals surface area contributed by atoms with Gasteiger partial charge in [-0.25, -0.2) is 0 Å². The summed E-state index contributed by atoms with van der Waals surface area (Å²) in [5.74, 6) is 1.11. The number of pyridine rings is 1. The number of nitrogens with zero attached hydrogens (tertiary/aromatic N) is 3. The molecule has 0 saturated heterocycles. The lowest BCUT2D eigenvalue weighted by Gasteiger charge is -2.17. The molecule has 0 amide bonds. The average molecular weight is 278 g/mol. The third-order valence-corrected chi connectivity index (χ3v) is 3.64. The van der Waals surface area contributed by atoms with E-state index < -0.39 is 0 Å². The largest absolute Gasteiger partial charge is 0.385 e. The van der Waals surface area contributed by atoms with Crippen LogP contribution in [0.2, 0.25) is 0 Å². The normalized spacial score (nSPS) is 13.5. The van der Waals surface area contributed by atoms with E-state index in [-0.39, 0.29) is 0 Å². The van der Waals surface area contributed by atoms with Crippen LogP contribution in [-0.4, -0.2) is 21.7 Å². The fraction of sp³-hybridized carbons (Fsp3) is 0.188. The smallest absolute Gasteiger partial charge is 0.258 e. The Balaban J connectivity index is 1.70. The molecule has 21 heavy (non-hydrogen) atoms. The molecule has 1 aromatic carbocycles. The van der Waals surface area contributed by atoms with Crippen LogP contribution in [0.15, 0.2) is 47.2 Å². The van der Waals surface area contributed by atoms with Crippen LogP contribution in [0, 0.1) is 0 Å². The van der Waals surface area contributed by atoms with E-state index >= 15 is 0 Å². The SMILES string of the molecule is c1cncc(-c2noc(-c3ccc4c(c3)CCCN4)n2)c1. The van der Waals surface area contributed by atoms with Gasteiger partial charge >= 0.3 is 0 Å². The van der Waals surface area contributed by atoms with E-state index in [1.807, 2.05) is 18.2 Å². The fourth-order valence-electron chi connectivity index (χ4n) is 2.56. The zero-order chi connectivity index (χ0) is 14.1. The minimum Gasteiger partial charge on any atom is -0.385 e. The molecule has 0 radical (unpaired) electrons. The Morgan fingerprint density at radius 2 is 2.14 bits per heavy atom. The van der Waals surface area contributed by atoms with Crippen molar-refractivity contribution in [3.63, 3.8) is 0 Å². The zero-order valence-electron chi connectivity index (χ0n) is 11.4. The predicted octanol–water partition coefficient (Wildman–Crippen LogP) is 3.16. The first-order valence-corrected chi connectivity index (χ1v) is 7.01. The lowest BCUT2D eigenvalue weighted by atomic mass is 10.0. The van der Waals surface area contributed by atoms with Crippen LogP contribution < -0.4 is 5.32 Å². The van der Waals surface area contributed by atoms with Gasteiger partial charge in [-0.3, -0.25) is 4.98 Å². The van der Waals surface area contributed by atoms with Crippen molar-refractivity contribution in [2.75, 3.05) is 11.9 Å². The quantitative estimate of drug-likeness (QED) is 0.780. The van der Waals surface area contributed by atoms with Gasteiger partial charge in [0.05, 0.1) is 0 Å². The number of hydrogen-bond donors (Lipinski definition) is 1. The highest BCUT2D eigenvalue weighted by atomic mass is 16.5. The number of aryl methyl sites for hydroxylation is 1. The van der Waals surface area contributed by atoms with Crippen molar-refractivity contribution in [1.29, 1.82) is 0 Å². The van der Waals surface area contributed by atoms with E-state index in [0.717, 1.165) is 30.5 Å². The monoisotopic (exact) mass is 278 g/mol. The van der Waals surface area contributed by atoms with Gasteiger partial charge in [0.2, 0.25) is 5.82 Å². The molecule has 104 valence electrons. The van der Waals surface area contributed by atoms with Crippen molar-refractivity contribution in [3.8, 4) is 22.8 Å². The highest BCUT2D eigenvalue weighted by Gasteiger charge is 2.14. The molecule has 0 aliphatic carbocycles. The summed E-state index contributed by atoms with van der Waals surface area (Å²) in [7, 11) is 0. The summed E-state index contributed by atoms with van der Waals surface area (Å²) in [4.78, 5) is 8.53. The van der Waals surface area contributed by atoms with Crippen LogP contribution in [0.3, 0.4) is 0 Å². The van der Waals surface area contributed by atoms with Crippen LogP contribution in [0.25, 0.3) is 22.8 Å². The lowest BCUT2D eigenvalue weighted by molar-refractivity contribution is 0.432. The maximum Gasteiger partial charge on any atom is 0.258 e. The van der Waals surface area contributed by atoms with Gasteiger partial charge in [0, 0.05) is 35.8 Å². The van der Waals surface area contributed by atoms with E-state index in [0.29, 0.717) is 11.7 Å². The van der Waals surface area contributed by atoms with Crippen molar-refractivity contribution < 1.29 is 4.52 Å². The standard InChI is InChI=1S/C16H14N4O/c1-4-13(10-17-7-1)15-19-16(21-20-15)12-5-6-14-11(9-12)3-2-8-18-14/h1,4-7,9-10,18H,2-3,8H2. The maximum atomic E-state index is 5.39. The Bertz CT molecular complexity index is 767. The summed E-state index contributed by atoms with van der Waals surface area (Å²) in [6.07, 6.45) is 5.69. The molecular formula is C16H14N4O. The topological polar surface area (TPSA) is 63.8 Å². The van der Waals surface area contributed by atoms with E-state index in [1.165, 1.54) is 11.3 Å². The Morgan fingerprint density at radius 3 is 3.05 bits per heavy atom. The Hall–Kier alpha value is -2.69. The van der Waals surface area contributed by atoms with Gasteiger partial charge < -0.3 is 9.84 Å². The molecule has 0 atom stereocenters. The number of aromatic nitrogens is 3. The van der Waals surface area contributed by atoms with Gasteiger partial charge in [-0.1, -0.05) is 5.16 Å². The van der Waals surface area contributed by atoms with E-state index in [4.69, 9.17) is 4.52 Å². The summed E-state index contributed by atoms with van der Waals surface area (Å²) in [6.45, 7) is 1.04. The molecule has 5 nitrogen and oxygen atoms in total. The van der Waals surface area contributed by atoms with Gasteiger partial charge in [0.1, 0.15) is 0 Å². The molecule has 3 aromatic rings. The number of benzene rings is 1. The van der Waals surface area contributed by atoms with E-state index in [1.54, 1.807) is 12.4 Å². The molecule has 1 aliphatic rings. The molecule has 0 bridgehead atoms. The summed E-state index contributed by atoms with van der Waals surface area (Å²) in [5, 5.41) is 7.43. The van der Waals surface area contributed by atoms with Crippen molar-refractivity contribution in [3.05, 3.63) is 48.3 Å². The Labute approximate surface area is 122 Å². The molecule has 0 fully saturated rings. The number of fused-ring (bicyclic) bond motifs is 1. The highest BCUT2D eigenvalue weighted by molar-refractivity contribution is 5.65. The molecule has 0 spiro atoms. The summed E-state index contributed by atoms with van der Waals surface area (Å²) >= 11 is 0. The number of nitrogens with one attached hydrogen (secondary N) is 1. The third-order valence-electron chi connectivity index (χ3n) is 3.64. The molecule has 3 heterocycles. The number of hydrogen-bond acceptors (Lipinski definition) is 5. The van der Waals surface area contributed by atoms with Gasteiger partial charge in [0.15, 0.2) is 0 Å². The summed E-state index contributed by atoms with van der Waals surface area (Å²) in [5.41, 5.74) is 4.32. The van der Waals surface area contributed by atoms with Crippen LogP contribution >= 0.6 is 0 Å². The van der Waals surface area contributed by atoms with Crippen LogP contribution in [0.5, 0.6) is 0 Å². The maximum absolute atomic E-state index is 5.39. The molecule has 1 N–H and O–H groups in total. The molecule has 5 heteroatoms. The first-order chi connectivity index (χ1) is 10.4. The van der Waals surface area contributed by atoms with Gasteiger partial charge in [-0.2, -0.15) is 4.98 Å². The van der Waals surface area contributed by atoms with Crippen molar-refractivity contribution >= 4 is 5.69 Å². The first kappa shape index (κ1) is 12.1. The van der Waals surface area contributed by atoms with Crippen molar-refractivity contribution in [2.24, 2.45) is 0 Å². The zero-order valence-corrected chi connectivity index (χ0v) is 11.4. The summed E-state index contributed by atoms with van der Waals surface area (Å²) in [6, 6.07) is 9.99. The highest BCUT2D eigenvalue weighted by Crippen LogP contribution is 2.28. The fourth-order valence-corrected chi connectivity index (χ4v) is 2.56. The third kappa shape index (κ3) is 2.27. The van der Waals surface area contributed by atoms with Crippen LogP contribution in [-0.2, 0) is 6.42 Å². The summed E-state index contributed by atoms with van der Waals surface area (Å²) < 4.78 is 5.39. The van der Waals surface area contributed by atoms with Gasteiger partial charge in [0.25, 0.3) is 5.89 Å². The van der Waals surface area contributed by atoms with Crippen molar-refractivity contribution in [1.82, 2.24) is 15.1 Å². The minimum atomic E-state index is 0.544. The molecule has 1 aliphatic heterocycles. The van der Waals surface area contributed by atoms with Gasteiger partial charge in [-0.15, -0.1) is 0 Å². The van der Waals surface area contributed by atoms with E-state index in [9.17, 15) is 0 Å². The first-order valence-electron chi connectivity index (χ1n) is 7.01.